The lowest BCUT2D eigenvalue weighted by Gasteiger charge is -2.02. The first-order chi connectivity index (χ1) is 10.5. The SMILES string of the molecule is O=C(O)c1cc(C=C2Oc3c(Cl)cccc3C2=O)ccc1O. The fourth-order valence-corrected chi connectivity index (χ4v) is 2.35. The maximum atomic E-state index is 12.2. The summed E-state index contributed by atoms with van der Waals surface area (Å²) in [7, 11) is 0. The van der Waals surface area contributed by atoms with Crippen LogP contribution in [0.1, 0.15) is 26.3 Å². The largest absolute Gasteiger partial charge is 0.507 e. The normalized spacial score (nSPS) is 14.8. The van der Waals surface area contributed by atoms with Crippen LogP contribution in [0.25, 0.3) is 6.08 Å². The van der Waals surface area contributed by atoms with Crippen LogP contribution in [-0.2, 0) is 0 Å². The Balaban J connectivity index is 2.02. The van der Waals surface area contributed by atoms with Gasteiger partial charge in [-0.3, -0.25) is 4.79 Å². The van der Waals surface area contributed by atoms with Gasteiger partial charge in [0.1, 0.15) is 11.3 Å². The number of hydrogen-bond acceptors (Lipinski definition) is 4. The molecule has 0 fully saturated rings. The number of benzene rings is 2. The van der Waals surface area contributed by atoms with Gasteiger partial charge < -0.3 is 14.9 Å². The third kappa shape index (κ3) is 2.31. The molecule has 0 saturated carbocycles. The summed E-state index contributed by atoms with van der Waals surface area (Å²) in [6.07, 6.45) is 1.41. The maximum absolute atomic E-state index is 12.2. The molecule has 6 heteroatoms. The van der Waals surface area contributed by atoms with Crippen molar-refractivity contribution in [2.75, 3.05) is 0 Å². The van der Waals surface area contributed by atoms with Crippen LogP contribution in [0.3, 0.4) is 0 Å². The van der Waals surface area contributed by atoms with Crippen LogP contribution in [0.15, 0.2) is 42.2 Å². The highest BCUT2D eigenvalue weighted by Gasteiger charge is 2.29. The highest BCUT2D eigenvalue weighted by atomic mass is 35.5. The van der Waals surface area contributed by atoms with Crippen molar-refractivity contribution in [2.24, 2.45) is 0 Å². The number of fused-ring (bicyclic) bond motifs is 1. The molecule has 0 atom stereocenters. The van der Waals surface area contributed by atoms with Crippen LogP contribution in [0, 0.1) is 0 Å². The van der Waals surface area contributed by atoms with Crippen LogP contribution in [0.5, 0.6) is 11.5 Å². The van der Waals surface area contributed by atoms with Crippen molar-refractivity contribution in [3.05, 3.63) is 63.9 Å². The molecule has 0 saturated heterocycles. The van der Waals surface area contributed by atoms with Gasteiger partial charge in [-0.05, 0) is 35.9 Å². The Hall–Kier alpha value is -2.79. The molecule has 2 N–H and O–H groups in total. The Bertz CT molecular complexity index is 838. The van der Waals surface area contributed by atoms with E-state index in [9.17, 15) is 14.7 Å². The molecular formula is C16H9ClO5. The number of hydrogen-bond donors (Lipinski definition) is 2. The second kappa shape index (κ2) is 5.20. The first-order valence-corrected chi connectivity index (χ1v) is 6.64. The van der Waals surface area contributed by atoms with E-state index in [-0.39, 0.29) is 28.6 Å². The molecule has 0 amide bonds. The first kappa shape index (κ1) is 14.2. The summed E-state index contributed by atoms with van der Waals surface area (Å²) < 4.78 is 5.45. The molecule has 22 heavy (non-hydrogen) atoms. The van der Waals surface area contributed by atoms with Crippen molar-refractivity contribution < 1.29 is 24.5 Å². The van der Waals surface area contributed by atoms with E-state index < -0.39 is 5.97 Å². The van der Waals surface area contributed by atoms with Gasteiger partial charge in [0.05, 0.1) is 10.6 Å². The van der Waals surface area contributed by atoms with Gasteiger partial charge in [-0.15, -0.1) is 0 Å². The Morgan fingerprint density at radius 3 is 2.68 bits per heavy atom. The van der Waals surface area contributed by atoms with Crippen LogP contribution >= 0.6 is 11.6 Å². The monoisotopic (exact) mass is 316 g/mol. The van der Waals surface area contributed by atoms with Crippen molar-refractivity contribution in [1.29, 1.82) is 0 Å². The van der Waals surface area contributed by atoms with Crippen molar-refractivity contribution in [1.82, 2.24) is 0 Å². The lowest BCUT2D eigenvalue weighted by atomic mass is 10.1. The molecule has 110 valence electrons. The molecule has 1 aliphatic rings. The number of ether oxygens (including phenoxy) is 1. The molecule has 2 aromatic carbocycles. The topological polar surface area (TPSA) is 83.8 Å². The summed E-state index contributed by atoms with van der Waals surface area (Å²) in [5.41, 5.74) is 0.522. The molecule has 0 spiro atoms. The number of carbonyl (C=O) groups excluding carboxylic acids is 1. The van der Waals surface area contributed by atoms with Gasteiger partial charge in [0.15, 0.2) is 11.5 Å². The van der Waals surface area contributed by atoms with E-state index in [1.54, 1.807) is 18.2 Å². The smallest absolute Gasteiger partial charge is 0.339 e. The zero-order valence-electron chi connectivity index (χ0n) is 11.0. The number of carboxylic acids is 1. The fraction of sp³-hybridized carbons (Fsp3) is 0. The number of ketones is 1. The summed E-state index contributed by atoms with van der Waals surface area (Å²) in [6, 6.07) is 8.84. The molecule has 1 heterocycles. The molecule has 3 rings (SSSR count). The van der Waals surface area contributed by atoms with E-state index in [1.165, 1.54) is 24.3 Å². The van der Waals surface area contributed by atoms with Gasteiger partial charge in [-0.2, -0.15) is 0 Å². The quantitative estimate of drug-likeness (QED) is 0.830. The average molecular weight is 317 g/mol. The minimum atomic E-state index is -1.26. The van der Waals surface area contributed by atoms with Gasteiger partial charge in [-0.25, -0.2) is 4.79 Å². The molecule has 2 aromatic rings. The van der Waals surface area contributed by atoms with Gasteiger partial charge in [0.25, 0.3) is 0 Å². The Morgan fingerprint density at radius 2 is 2.00 bits per heavy atom. The van der Waals surface area contributed by atoms with Gasteiger partial charge >= 0.3 is 5.97 Å². The van der Waals surface area contributed by atoms with Crippen LogP contribution < -0.4 is 4.74 Å². The van der Waals surface area contributed by atoms with Crippen molar-refractivity contribution in [3.63, 3.8) is 0 Å². The Kier molecular flexibility index (Phi) is 3.35. The number of allylic oxidation sites excluding steroid dienone is 1. The minimum absolute atomic E-state index is 0.0464. The molecule has 5 nitrogen and oxygen atoms in total. The number of para-hydroxylation sites is 1. The van der Waals surface area contributed by atoms with E-state index in [0.29, 0.717) is 16.1 Å². The molecular weight excluding hydrogens is 308 g/mol. The van der Waals surface area contributed by atoms with Crippen LogP contribution in [-0.4, -0.2) is 22.0 Å². The van der Waals surface area contributed by atoms with Crippen molar-refractivity contribution in [3.8, 4) is 11.5 Å². The molecule has 0 unspecified atom stereocenters. The molecule has 0 aliphatic carbocycles. The van der Waals surface area contributed by atoms with Crippen LogP contribution in [0.2, 0.25) is 5.02 Å². The summed E-state index contributed by atoms with van der Waals surface area (Å²) in [5.74, 6) is -1.60. The lowest BCUT2D eigenvalue weighted by molar-refractivity contribution is 0.0693. The lowest BCUT2D eigenvalue weighted by Crippen LogP contribution is -2.00. The van der Waals surface area contributed by atoms with E-state index in [1.807, 2.05) is 0 Å². The second-order valence-corrected chi connectivity index (χ2v) is 5.05. The summed E-state index contributed by atoms with van der Waals surface area (Å²) in [5, 5.41) is 18.8. The Morgan fingerprint density at radius 1 is 1.23 bits per heavy atom. The van der Waals surface area contributed by atoms with E-state index in [2.05, 4.69) is 0 Å². The summed E-state index contributed by atoms with van der Waals surface area (Å²) in [4.78, 5) is 23.2. The summed E-state index contributed by atoms with van der Waals surface area (Å²) >= 11 is 5.98. The van der Waals surface area contributed by atoms with Crippen LogP contribution in [0.4, 0.5) is 0 Å². The highest BCUT2D eigenvalue weighted by Crippen LogP contribution is 2.37. The van der Waals surface area contributed by atoms with Gasteiger partial charge in [0, 0.05) is 0 Å². The number of phenols is 1. The minimum Gasteiger partial charge on any atom is -0.507 e. The van der Waals surface area contributed by atoms with E-state index >= 15 is 0 Å². The highest BCUT2D eigenvalue weighted by molar-refractivity contribution is 6.33. The third-order valence-corrected chi connectivity index (χ3v) is 3.49. The number of rotatable bonds is 2. The Labute approximate surface area is 130 Å². The third-order valence-electron chi connectivity index (χ3n) is 3.20. The van der Waals surface area contributed by atoms with E-state index in [0.717, 1.165) is 0 Å². The van der Waals surface area contributed by atoms with Crippen molar-refractivity contribution >= 4 is 29.4 Å². The number of aromatic hydroxyl groups is 1. The number of aromatic carboxylic acids is 1. The number of carboxylic acid groups (broad SMARTS) is 1. The predicted octanol–water partition coefficient (Wildman–Crippen LogP) is 3.36. The van der Waals surface area contributed by atoms with Gasteiger partial charge in [-0.1, -0.05) is 23.7 Å². The number of halogens is 1. The maximum Gasteiger partial charge on any atom is 0.339 e. The van der Waals surface area contributed by atoms with E-state index in [4.69, 9.17) is 21.4 Å². The molecule has 0 radical (unpaired) electrons. The first-order valence-electron chi connectivity index (χ1n) is 6.26. The van der Waals surface area contributed by atoms with Gasteiger partial charge in [0.2, 0.25) is 5.78 Å². The standard InChI is InChI=1S/C16H9ClO5/c17-11-3-1-2-9-14(19)13(22-15(9)11)7-8-4-5-12(18)10(6-8)16(20)21/h1-7,18H,(H,20,21). The number of Topliss-reactive ketones (excluding diaryl/α,β-unsaturated/α-hetero) is 1. The zero-order chi connectivity index (χ0) is 15.9. The average Bonchev–Trinajstić information content (AvgIpc) is 2.79. The predicted molar refractivity (Wildman–Crippen MR) is 79.5 cm³/mol. The summed E-state index contributed by atoms with van der Waals surface area (Å²) in [6.45, 7) is 0. The van der Waals surface area contributed by atoms with Crippen molar-refractivity contribution in [2.45, 2.75) is 0 Å². The zero-order valence-corrected chi connectivity index (χ0v) is 11.8. The molecule has 1 aliphatic heterocycles. The fourth-order valence-electron chi connectivity index (χ4n) is 2.14. The molecule has 0 aromatic heterocycles. The number of carbonyl (C=O) groups is 2. The molecule has 0 bridgehead atoms. The second-order valence-electron chi connectivity index (χ2n) is 4.64.